The monoisotopic (exact) mass is 477 g/mol. The van der Waals surface area contributed by atoms with Gasteiger partial charge in [-0.05, 0) is 13.0 Å². The molecule has 1 aromatic rings. The van der Waals surface area contributed by atoms with E-state index in [1.807, 2.05) is 0 Å². The van der Waals surface area contributed by atoms with Crippen LogP contribution in [0.1, 0.15) is 96.8 Å². The first kappa shape index (κ1) is 27.7. The van der Waals surface area contributed by atoms with Gasteiger partial charge in [0.25, 0.3) is 0 Å². The van der Waals surface area contributed by atoms with Gasteiger partial charge < -0.3 is 5.73 Å². The number of halogens is 1. The maximum absolute atomic E-state index is 10.7. The molecular weight excluding hydrogens is 437 g/mol. The van der Waals surface area contributed by atoms with Gasteiger partial charge in [-0.2, -0.15) is 0 Å². The third-order valence-corrected chi connectivity index (χ3v) is 7.01. The van der Waals surface area contributed by atoms with Gasteiger partial charge in [0.15, 0.2) is 0 Å². The molecule has 4 N–H and O–H groups in total. The molecule has 0 aliphatic heterocycles. The number of nitrogens with two attached hydrogens (primary N) is 1. The van der Waals surface area contributed by atoms with E-state index in [0.29, 0.717) is 5.02 Å². The van der Waals surface area contributed by atoms with E-state index in [-0.39, 0.29) is 4.35 Å². The van der Waals surface area contributed by atoms with Crippen LogP contribution >= 0.6 is 11.6 Å². The maximum atomic E-state index is 10.7. The summed E-state index contributed by atoms with van der Waals surface area (Å²) in [5.74, 6) is 0. The van der Waals surface area contributed by atoms with E-state index in [2.05, 4.69) is 6.92 Å². The minimum atomic E-state index is -4.68. The molecule has 0 amide bonds. The van der Waals surface area contributed by atoms with E-state index >= 15 is 0 Å². The van der Waals surface area contributed by atoms with E-state index in [1.54, 1.807) is 0 Å². The second-order valence-corrected chi connectivity index (χ2v) is 11.2. The summed E-state index contributed by atoms with van der Waals surface area (Å²) in [6.07, 6.45) is 19.9. The van der Waals surface area contributed by atoms with E-state index in [9.17, 15) is 3.74 Å². The molecule has 0 heterocycles. The second-order valence-electron chi connectivity index (χ2n) is 7.41. The Morgan fingerprint density at radius 2 is 1.11 bits per heavy atom. The zero-order valence-corrected chi connectivity index (χ0v) is 20.3. The average Bonchev–Trinajstić information content (AvgIpc) is 2.66. The molecule has 0 aliphatic carbocycles. The Morgan fingerprint density at radius 3 is 1.43 bits per heavy atom. The van der Waals surface area contributed by atoms with Crippen molar-refractivity contribution in [1.82, 2.24) is 0 Å². The molecule has 0 atom stereocenters. The molecule has 4 nitrogen and oxygen atoms in total. The van der Waals surface area contributed by atoms with Crippen LogP contribution in [-0.4, -0.2) is 28.9 Å². The molecule has 0 saturated carbocycles. The van der Waals surface area contributed by atoms with Crippen LogP contribution in [0.15, 0.2) is 24.3 Å². The molecular formula is C22H41AsClNO3. The van der Waals surface area contributed by atoms with Gasteiger partial charge in [0, 0.05) is 0 Å². The Bertz CT molecular complexity index is 491. The van der Waals surface area contributed by atoms with Crippen molar-refractivity contribution in [2.24, 2.45) is 5.73 Å². The summed E-state index contributed by atoms with van der Waals surface area (Å²) in [7, 11) is 0. The van der Waals surface area contributed by atoms with Crippen LogP contribution in [-0.2, 0) is 3.74 Å². The normalized spacial score (nSPS) is 11.2. The van der Waals surface area contributed by atoms with E-state index in [4.69, 9.17) is 25.5 Å². The standard InChI is InChI=1S/C16H35N.C6H6AsClO3/c1-2-3-4-5-6-7-8-9-10-11-12-13-14-15-16-17;8-6-3-1-5(2-4-6)7(9,10)11/h2-17H2,1H3;1-4H,(H2,9,10,11). The first-order valence-electron chi connectivity index (χ1n) is 10.9. The van der Waals surface area contributed by atoms with Gasteiger partial charge in [-0.25, -0.2) is 0 Å². The number of benzene rings is 1. The average molecular weight is 478 g/mol. The zero-order chi connectivity index (χ0) is 21.1. The molecule has 0 fully saturated rings. The quantitative estimate of drug-likeness (QED) is 0.235. The van der Waals surface area contributed by atoms with Gasteiger partial charge in [0.2, 0.25) is 0 Å². The summed E-state index contributed by atoms with van der Waals surface area (Å²) in [4.78, 5) is 0. The summed E-state index contributed by atoms with van der Waals surface area (Å²) in [5.41, 5.74) is 5.47. The molecule has 0 spiro atoms. The van der Waals surface area contributed by atoms with Crippen LogP contribution in [0.2, 0.25) is 5.02 Å². The van der Waals surface area contributed by atoms with Crippen molar-refractivity contribution in [3.05, 3.63) is 29.3 Å². The molecule has 164 valence electrons. The summed E-state index contributed by atoms with van der Waals surface area (Å²) in [5, 5.41) is 0.470. The molecule has 1 rings (SSSR count). The number of hydrogen-bond acceptors (Lipinski definition) is 2. The van der Waals surface area contributed by atoms with Gasteiger partial charge in [0.1, 0.15) is 0 Å². The minimum absolute atomic E-state index is 0.0486. The molecule has 1 aromatic carbocycles. The van der Waals surface area contributed by atoms with Crippen molar-refractivity contribution >= 4 is 30.1 Å². The van der Waals surface area contributed by atoms with Crippen molar-refractivity contribution < 1.29 is 11.9 Å². The summed E-state index contributed by atoms with van der Waals surface area (Å²) >= 11 is 0.832. The van der Waals surface area contributed by atoms with Crippen LogP contribution in [0.25, 0.3) is 0 Å². The van der Waals surface area contributed by atoms with Crippen LogP contribution in [0.3, 0.4) is 0 Å². The molecule has 6 heteroatoms. The van der Waals surface area contributed by atoms with Crippen LogP contribution < -0.4 is 10.1 Å². The van der Waals surface area contributed by atoms with Crippen molar-refractivity contribution in [3.8, 4) is 0 Å². The Hall–Kier alpha value is -0.252. The molecule has 0 aliphatic rings. The van der Waals surface area contributed by atoms with Crippen LogP contribution in [0, 0.1) is 0 Å². The first-order chi connectivity index (χ1) is 13.4. The Morgan fingerprint density at radius 1 is 0.750 bits per heavy atom. The van der Waals surface area contributed by atoms with E-state index in [1.165, 1.54) is 114 Å². The molecule has 0 aromatic heterocycles. The molecule has 0 bridgehead atoms. The molecule has 0 unspecified atom stereocenters. The Balaban J connectivity index is 0.000000567. The predicted octanol–water partition coefficient (Wildman–Crippen LogP) is 5.33. The van der Waals surface area contributed by atoms with Gasteiger partial charge in [0.05, 0.1) is 0 Å². The summed E-state index contributed by atoms with van der Waals surface area (Å²) in [6, 6.07) is 5.58. The van der Waals surface area contributed by atoms with Crippen molar-refractivity contribution in [3.63, 3.8) is 0 Å². The van der Waals surface area contributed by atoms with Crippen molar-refractivity contribution in [2.45, 2.75) is 96.8 Å². The zero-order valence-electron chi connectivity index (χ0n) is 17.6. The summed E-state index contributed by atoms with van der Waals surface area (Å²) in [6.45, 7) is 3.16. The topological polar surface area (TPSA) is 83.6 Å². The Kier molecular flexibility index (Phi) is 18.6. The van der Waals surface area contributed by atoms with Crippen molar-refractivity contribution in [1.29, 1.82) is 0 Å². The Labute approximate surface area is 180 Å². The van der Waals surface area contributed by atoms with Gasteiger partial charge in [-0.3, -0.25) is 0 Å². The third-order valence-electron chi connectivity index (χ3n) is 4.72. The predicted molar refractivity (Wildman–Crippen MR) is 121 cm³/mol. The van der Waals surface area contributed by atoms with Crippen molar-refractivity contribution in [2.75, 3.05) is 6.54 Å². The molecule has 28 heavy (non-hydrogen) atoms. The number of rotatable bonds is 15. The third kappa shape index (κ3) is 17.8. The summed E-state index contributed by atoms with van der Waals surface area (Å²) < 4.78 is 28.1. The van der Waals surface area contributed by atoms with Gasteiger partial charge in [-0.15, -0.1) is 0 Å². The molecule has 0 saturated heterocycles. The molecule has 0 radical (unpaired) electrons. The van der Waals surface area contributed by atoms with Gasteiger partial charge in [-0.1, -0.05) is 90.4 Å². The van der Waals surface area contributed by atoms with Gasteiger partial charge >= 0.3 is 71.3 Å². The van der Waals surface area contributed by atoms with Crippen LogP contribution in [0.4, 0.5) is 0 Å². The SMILES string of the molecule is CCCCCCCCCCCCCCCCN.O=[As](O)(O)c1ccc(Cl)cc1. The number of unbranched alkanes of at least 4 members (excludes halogenated alkanes) is 13. The fourth-order valence-electron chi connectivity index (χ4n) is 2.97. The van der Waals surface area contributed by atoms with Crippen LogP contribution in [0.5, 0.6) is 0 Å². The van der Waals surface area contributed by atoms with E-state index < -0.39 is 14.2 Å². The second kappa shape index (κ2) is 18.8. The first-order valence-corrected chi connectivity index (χ1v) is 14.7. The van der Waals surface area contributed by atoms with E-state index in [0.717, 1.165) is 6.54 Å². The fourth-order valence-corrected chi connectivity index (χ4v) is 4.23. The number of hydrogen-bond donors (Lipinski definition) is 3. The fraction of sp³-hybridized carbons (Fsp3) is 0.727.